The predicted octanol–water partition coefficient (Wildman–Crippen LogP) is 4.39. The summed E-state index contributed by atoms with van der Waals surface area (Å²) in [5, 5.41) is 3.18. The van der Waals surface area contributed by atoms with Crippen molar-refractivity contribution in [2.75, 3.05) is 31.6 Å². The lowest BCUT2D eigenvalue weighted by Gasteiger charge is -2.44. The second-order valence-electron chi connectivity index (χ2n) is 9.73. The summed E-state index contributed by atoms with van der Waals surface area (Å²) < 4.78 is 17.3. The number of nitrogens with one attached hydrogen (secondary N) is 2. The van der Waals surface area contributed by atoms with Gasteiger partial charge in [0.25, 0.3) is 0 Å². The molecule has 2 fully saturated rings. The topological polar surface area (TPSA) is 140 Å². The minimum absolute atomic E-state index is 0.231. The molecule has 3 aliphatic heterocycles. The third-order valence-electron chi connectivity index (χ3n) is 7.30. The molecule has 12 heteroatoms. The summed E-state index contributed by atoms with van der Waals surface area (Å²) in [5.74, 6) is 3.08. The van der Waals surface area contributed by atoms with Crippen LogP contribution in [0.4, 0.5) is 10.6 Å². The highest BCUT2D eigenvalue weighted by Gasteiger charge is 2.45. The van der Waals surface area contributed by atoms with E-state index in [0.717, 1.165) is 29.9 Å². The number of H-pyrrole nitrogens is 1. The van der Waals surface area contributed by atoms with Crippen molar-refractivity contribution in [1.29, 1.82) is 0 Å². The van der Waals surface area contributed by atoms with Crippen molar-refractivity contribution in [1.82, 2.24) is 19.9 Å². The number of aliphatic imine (C=N–C) groups is 1. The molecule has 5 heterocycles. The van der Waals surface area contributed by atoms with Crippen molar-refractivity contribution >= 4 is 40.9 Å². The van der Waals surface area contributed by atoms with Gasteiger partial charge in [-0.2, -0.15) is 0 Å². The average Bonchev–Trinajstić information content (AvgIpc) is 3.59. The number of anilines is 1. The number of hydrogen-bond donors (Lipinski definition) is 3. The van der Waals surface area contributed by atoms with Gasteiger partial charge in [-0.25, -0.2) is 19.8 Å². The number of nitrogens with zero attached hydrogens (tertiary/aromatic N) is 4. The number of allylic oxidation sites excluding steroid dienone is 1. The molecular weight excluding hydrogens is 522 g/mol. The smallest absolute Gasteiger partial charge is 0.413 e. The molecular formula is C27H28ClN7O4. The van der Waals surface area contributed by atoms with E-state index in [-0.39, 0.29) is 5.92 Å². The van der Waals surface area contributed by atoms with Gasteiger partial charge >= 0.3 is 6.09 Å². The molecule has 3 aromatic rings. The second-order valence-corrected chi connectivity index (χ2v) is 10.1. The first-order chi connectivity index (χ1) is 18.9. The van der Waals surface area contributed by atoms with Crippen LogP contribution in [0.3, 0.4) is 0 Å². The molecule has 0 radical (unpaired) electrons. The van der Waals surface area contributed by atoms with Crippen LogP contribution in [-0.4, -0.2) is 58.6 Å². The number of hydrogen-bond acceptors (Lipinski definition) is 8. The van der Waals surface area contributed by atoms with Crippen LogP contribution in [-0.2, 0) is 15.1 Å². The van der Waals surface area contributed by atoms with Crippen LogP contribution >= 0.6 is 11.6 Å². The van der Waals surface area contributed by atoms with Crippen LogP contribution in [0.15, 0.2) is 59.7 Å². The van der Waals surface area contributed by atoms with Gasteiger partial charge in [0.1, 0.15) is 34.6 Å². The first kappa shape index (κ1) is 25.2. The number of piperidine rings is 1. The Morgan fingerprint density at radius 1 is 1.36 bits per heavy atom. The largest absolute Gasteiger partial charge is 0.458 e. The molecule has 0 bridgehead atoms. The van der Waals surface area contributed by atoms with Crippen molar-refractivity contribution in [2.24, 2.45) is 10.7 Å². The van der Waals surface area contributed by atoms with E-state index in [1.165, 1.54) is 6.34 Å². The van der Waals surface area contributed by atoms with Crippen LogP contribution in [0, 0.1) is 0 Å². The fourth-order valence-corrected chi connectivity index (χ4v) is 5.63. The molecule has 1 spiro atoms. The van der Waals surface area contributed by atoms with Gasteiger partial charge in [0.05, 0.1) is 29.0 Å². The maximum atomic E-state index is 12.2. The number of nitrogens with two attached hydrogens (primary N) is 1. The van der Waals surface area contributed by atoms with Crippen molar-refractivity contribution in [3.63, 3.8) is 0 Å². The Hall–Kier alpha value is -4.09. The molecule has 0 saturated carbocycles. The summed E-state index contributed by atoms with van der Waals surface area (Å²) in [4.78, 5) is 31.0. The quantitative estimate of drug-likeness (QED) is 0.178. The molecule has 1 atom stereocenters. The zero-order chi connectivity index (χ0) is 27.0. The Morgan fingerprint density at radius 3 is 2.97 bits per heavy atom. The summed E-state index contributed by atoms with van der Waals surface area (Å²) >= 11 is 6.54. The fourth-order valence-electron chi connectivity index (χ4n) is 5.38. The molecule has 4 N–H and O–H groups in total. The third kappa shape index (κ3) is 4.90. The molecule has 6 rings (SSSR count). The monoisotopic (exact) mass is 549 g/mol. The molecule has 1 amide bonds. The van der Waals surface area contributed by atoms with Gasteiger partial charge in [-0.05, 0) is 18.6 Å². The highest BCUT2D eigenvalue weighted by Crippen LogP contribution is 2.43. The number of amides is 1. The summed E-state index contributed by atoms with van der Waals surface area (Å²) in [6.07, 6.45) is 6.14. The van der Waals surface area contributed by atoms with Gasteiger partial charge in [-0.15, -0.1) is 0 Å². The first-order valence-corrected chi connectivity index (χ1v) is 13.1. The summed E-state index contributed by atoms with van der Waals surface area (Å²) in [6.45, 7) is 6.56. The SMILES string of the molecule is C=C(/C=C(\N=C/N)N1CCC2(CC1)OC(=O)Nc1ncccc12)Oc1cc(Cl)c2[nH]c(C3CCOC3)nc2c1. The van der Waals surface area contributed by atoms with Crippen LogP contribution in [0.1, 0.15) is 36.6 Å². The van der Waals surface area contributed by atoms with Crippen molar-refractivity contribution in [3.05, 3.63) is 71.1 Å². The molecule has 202 valence electrons. The molecule has 1 unspecified atom stereocenters. The molecule has 1 aromatic carbocycles. The summed E-state index contributed by atoms with van der Waals surface area (Å²) in [7, 11) is 0. The average molecular weight is 550 g/mol. The lowest BCUT2D eigenvalue weighted by Crippen LogP contribution is -2.48. The number of carbonyl (C=O) groups is 1. The number of fused-ring (bicyclic) bond motifs is 3. The minimum Gasteiger partial charge on any atom is -0.458 e. The normalized spacial score (nSPS) is 20.7. The standard InChI is InChI=1S/C27H28ClN7O4/c1-16(38-18-12-20(28)23-21(13-18)32-24(33-23)17-4-10-37-14-17)11-22(31-15-29)35-8-5-27(6-9-35)19-3-2-7-30-25(19)34-26(36)39-27/h2-3,7,11-13,15,17H,1,4-6,8-10,14H2,(H2,29,31)(H,32,33)(H,30,34,36)/b22-11+. The summed E-state index contributed by atoms with van der Waals surface area (Å²) in [6, 6.07) is 7.33. The molecule has 2 saturated heterocycles. The molecule has 11 nitrogen and oxygen atoms in total. The van der Waals surface area contributed by atoms with Crippen LogP contribution in [0.2, 0.25) is 5.02 Å². The second kappa shape index (κ2) is 10.2. The van der Waals surface area contributed by atoms with Crippen molar-refractivity contribution < 1.29 is 19.0 Å². The van der Waals surface area contributed by atoms with E-state index in [4.69, 9.17) is 36.5 Å². The number of aromatic nitrogens is 3. The molecule has 2 aromatic heterocycles. The number of imidazole rings is 1. The Labute approximate surface area is 229 Å². The number of carbonyl (C=O) groups excluding carboxylic acids is 1. The van der Waals surface area contributed by atoms with Gasteiger partial charge < -0.3 is 29.8 Å². The number of aromatic amines is 1. The predicted molar refractivity (Wildman–Crippen MR) is 147 cm³/mol. The van der Waals surface area contributed by atoms with E-state index in [0.29, 0.717) is 66.2 Å². The van der Waals surface area contributed by atoms with Crippen LogP contribution < -0.4 is 15.8 Å². The number of ether oxygens (including phenoxy) is 3. The zero-order valence-corrected chi connectivity index (χ0v) is 21.9. The molecule has 3 aliphatic rings. The third-order valence-corrected chi connectivity index (χ3v) is 7.60. The highest BCUT2D eigenvalue weighted by molar-refractivity contribution is 6.35. The number of rotatable bonds is 6. The van der Waals surface area contributed by atoms with Gasteiger partial charge in [0.15, 0.2) is 0 Å². The summed E-state index contributed by atoms with van der Waals surface area (Å²) in [5.41, 5.74) is 7.27. The Morgan fingerprint density at radius 2 is 2.21 bits per heavy atom. The number of likely N-dealkylation sites (tertiary alicyclic amines) is 1. The number of pyridine rings is 1. The van der Waals surface area contributed by atoms with Crippen LogP contribution in [0.25, 0.3) is 11.0 Å². The van der Waals surface area contributed by atoms with Gasteiger partial charge in [-0.1, -0.05) is 18.2 Å². The van der Waals surface area contributed by atoms with E-state index in [9.17, 15) is 4.79 Å². The zero-order valence-electron chi connectivity index (χ0n) is 21.2. The number of benzene rings is 1. The van der Waals surface area contributed by atoms with Crippen molar-refractivity contribution in [2.45, 2.75) is 30.8 Å². The van der Waals surface area contributed by atoms with Gasteiger partial charge in [-0.3, -0.25) is 5.32 Å². The maximum Gasteiger partial charge on any atom is 0.413 e. The van der Waals surface area contributed by atoms with E-state index in [1.807, 2.05) is 18.2 Å². The van der Waals surface area contributed by atoms with E-state index < -0.39 is 11.7 Å². The Balaban J connectivity index is 1.18. The fraction of sp³-hybridized carbons (Fsp3) is 0.333. The first-order valence-electron chi connectivity index (χ1n) is 12.7. The maximum absolute atomic E-state index is 12.2. The lowest BCUT2D eigenvalue weighted by molar-refractivity contribution is -0.0325. The van der Waals surface area contributed by atoms with Gasteiger partial charge in [0, 0.05) is 68.4 Å². The minimum atomic E-state index is -0.743. The van der Waals surface area contributed by atoms with E-state index in [2.05, 4.69) is 31.8 Å². The van der Waals surface area contributed by atoms with E-state index >= 15 is 0 Å². The molecule has 0 aliphatic carbocycles. The number of halogens is 1. The molecule has 39 heavy (non-hydrogen) atoms. The van der Waals surface area contributed by atoms with Crippen LogP contribution in [0.5, 0.6) is 5.75 Å². The Bertz CT molecular complexity index is 1490. The Kier molecular flexibility index (Phi) is 6.61. The lowest BCUT2D eigenvalue weighted by atomic mass is 9.83. The van der Waals surface area contributed by atoms with Crippen molar-refractivity contribution in [3.8, 4) is 5.75 Å². The van der Waals surface area contributed by atoms with E-state index in [1.54, 1.807) is 18.3 Å². The van der Waals surface area contributed by atoms with Gasteiger partial charge in [0.2, 0.25) is 0 Å². The highest BCUT2D eigenvalue weighted by atomic mass is 35.5.